The van der Waals surface area contributed by atoms with Gasteiger partial charge in [0.05, 0.1) is 18.1 Å². The van der Waals surface area contributed by atoms with E-state index in [1.807, 2.05) is 0 Å². The van der Waals surface area contributed by atoms with Crippen LogP contribution in [0.25, 0.3) is 0 Å². The van der Waals surface area contributed by atoms with E-state index in [9.17, 15) is 8.42 Å². The number of ether oxygens (including phenoxy) is 1. The predicted octanol–water partition coefficient (Wildman–Crippen LogP) is 1.48. The molecule has 0 radical (unpaired) electrons. The van der Waals surface area contributed by atoms with Gasteiger partial charge < -0.3 is 15.4 Å². The van der Waals surface area contributed by atoms with Crippen LogP contribution < -0.4 is 10.6 Å². The average Bonchev–Trinajstić information content (AvgIpc) is 3.22. The van der Waals surface area contributed by atoms with Gasteiger partial charge >= 0.3 is 0 Å². The van der Waals surface area contributed by atoms with Crippen LogP contribution in [-0.2, 0) is 14.8 Å². The number of nitrogens with zero attached hydrogens (tertiary/aromatic N) is 2. The molecule has 1 aromatic rings. The first-order valence-electron chi connectivity index (χ1n) is 9.51. The first-order valence-corrected chi connectivity index (χ1v) is 11.4. The summed E-state index contributed by atoms with van der Waals surface area (Å²) in [5.41, 5.74) is 0.779. The molecule has 2 fully saturated rings. The van der Waals surface area contributed by atoms with Crippen LogP contribution in [0.1, 0.15) is 19.3 Å². The Morgan fingerprint density at radius 3 is 2.41 bits per heavy atom. The van der Waals surface area contributed by atoms with Crippen LogP contribution in [0.4, 0.5) is 5.69 Å². The van der Waals surface area contributed by atoms with E-state index in [0.717, 1.165) is 64.3 Å². The van der Waals surface area contributed by atoms with Crippen LogP contribution in [0, 0.1) is 0 Å². The van der Waals surface area contributed by atoms with E-state index in [1.54, 1.807) is 28.6 Å². The van der Waals surface area contributed by atoms with E-state index in [4.69, 9.17) is 17.0 Å². The molecule has 0 amide bonds. The summed E-state index contributed by atoms with van der Waals surface area (Å²) in [6.45, 7) is 6.67. The molecule has 2 N–H and O–H groups in total. The highest BCUT2D eigenvalue weighted by molar-refractivity contribution is 7.89. The van der Waals surface area contributed by atoms with Gasteiger partial charge in [0, 0.05) is 38.4 Å². The summed E-state index contributed by atoms with van der Waals surface area (Å²) in [5.74, 6) is 0. The molecule has 150 valence electrons. The third kappa shape index (κ3) is 5.86. The van der Waals surface area contributed by atoms with Gasteiger partial charge in [-0.25, -0.2) is 8.42 Å². The molecule has 2 aliphatic heterocycles. The van der Waals surface area contributed by atoms with Crippen LogP contribution >= 0.6 is 12.2 Å². The van der Waals surface area contributed by atoms with Crippen molar-refractivity contribution in [3.63, 3.8) is 0 Å². The van der Waals surface area contributed by atoms with E-state index in [0.29, 0.717) is 23.1 Å². The SMILES string of the molecule is O=S(=O)(c1ccc(NC(=S)NCCCN2CCOCC2)cc1)N1CCCC1. The van der Waals surface area contributed by atoms with E-state index in [2.05, 4.69) is 15.5 Å². The maximum absolute atomic E-state index is 12.5. The fraction of sp³-hybridized carbons (Fsp3) is 0.611. The molecule has 0 saturated carbocycles. The zero-order valence-electron chi connectivity index (χ0n) is 15.5. The summed E-state index contributed by atoms with van der Waals surface area (Å²) in [7, 11) is -3.37. The van der Waals surface area contributed by atoms with E-state index in [1.165, 1.54) is 0 Å². The first kappa shape index (κ1) is 20.5. The summed E-state index contributed by atoms with van der Waals surface area (Å²) < 4.78 is 31.9. The standard InChI is InChI=1S/C18H28N4O3S2/c23-27(24,22-10-1-2-11-22)17-6-4-16(5-7-17)20-18(26)19-8-3-9-21-12-14-25-15-13-21/h4-7H,1-3,8-15H2,(H2,19,20,26). The highest BCUT2D eigenvalue weighted by Crippen LogP contribution is 2.22. The van der Waals surface area contributed by atoms with Crippen molar-refractivity contribution in [2.24, 2.45) is 0 Å². The Morgan fingerprint density at radius 1 is 1.07 bits per heavy atom. The Kier molecular flexibility index (Phi) is 7.42. The zero-order chi connectivity index (χ0) is 19.1. The third-order valence-electron chi connectivity index (χ3n) is 4.86. The normalized spacial score (nSPS) is 19.1. The number of morpholine rings is 1. The van der Waals surface area contributed by atoms with Crippen molar-refractivity contribution in [1.29, 1.82) is 0 Å². The highest BCUT2D eigenvalue weighted by atomic mass is 32.2. The van der Waals surface area contributed by atoms with Crippen molar-refractivity contribution in [2.75, 3.05) is 57.8 Å². The molecule has 0 unspecified atom stereocenters. The molecule has 0 spiro atoms. The maximum atomic E-state index is 12.5. The van der Waals surface area contributed by atoms with Crippen molar-refractivity contribution in [3.8, 4) is 0 Å². The summed E-state index contributed by atoms with van der Waals surface area (Å²) in [6.07, 6.45) is 2.88. The number of sulfonamides is 1. The molecular formula is C18H28N4O3S2. The van der Waals surface area contributed by atoms with Crippen LogP contribution in [0.2, 0.25) is 0 Å². The molecule has 0 bridgehead atoms. The lowest BCUT2D eigenvalue weighted by Gasteiger charge is -2.26. The monoisotopic (exact) mass is 412 g/mol. The van der Waals surface area contributed by atoms with E-state index in [-0.39, 0.29) is 0 Å². The van der Waals surface area contributed by atoms with E-state index >= 15 is 0 Å². The second-order valence-corrected chi connectivity index (χ2v) is 9.17. The molecular weight excluding hydrogens is 384 g/mol. The van der Waals surface area contributed by atoms with Gasteiger partial charge in [0.1, 0.15) is 0 Å². The first-order chi connectivity index (χ1) is 13.1. The summed E-state index contributed by atoms with van der Waals surface area (Å²) >= 11 is 5.32. The second kappa shape index (κ2) is 9.79. The van der Waals surface area contributed by atoms with Crippen LogP contribution in [-0.4, -0.2) is 75.2 Å². The lowest BCUT2D eigenvalue weighted by Crippen LogP contribution is -2.38. The Bertz CT molecular complexity index is 713. The molecule has 2 aliphatic rings. The lowest BCUT2D eigenvalue weighted by molar-refractivity contribution is 0.0376. The molecule has 3 rings (SSSR count). The molecule has 1 aromatic carbocycles. The highest BCUT2D eigenvalue weighted by Gasteiger charge is 2.26. The molecule has 9 heteroatoms. The van der Waals surface area contributed by atoms with Gasteiger partial charge in [-0.1, -0.05) is 0 Å². The number of anilines is 1. The van der Waals surface area contributed by atoms with E-state index < -0.39 is 10.0 Å². The summed E-state index contributed by atoms with van der Waals surface area (Å²) in [6, 6.07) is 6.78. The Morgan fingerprint density at radius 2 is 1.74 bits per heavy atom. The summed E-state index contributed by atoms with van der Waals surface area (Å²) in [5, 5.41) is 6.85. The molecule has 7 nitrogen and oxygen atoms in total. The molecule has 0 aliphatic carbocycles. The number of hydrogen-bond donors (Lipinski definition) is 2. The largest absolute Gasteiger partial charge is 0.379 e. The van der Waals surface area contributed by atoms with Gasteiger partial charge in [-0.3, -0.25) is 4.90 Å². The van der Waals surface area contributed by atoms with Crippen molar-refractivity contribution in [1.82, 2.24) is 14.5 Å². The minimum absolute atomic E-state index is 0.333. The number of rotatable bonds is 7. The number of hydrogen-bond acceptors (Lipinski definition) is 5. The number of thiocarbonyl (C=S) groups is 1. The summed E-state index contributed by atoms with van der Waals surface area (Å²) in [4.78, 5) is 2.72. The van der Waals surface area contributed by atoms with Gasteiger partial charge in [-0.15, -0.1) is 0 Å². The Labute approximate surface area is 167 Å². The topological polar surface area (TPSA) is 73.9 Å². The second-order valence-electron chi connectivity index (χ2n) is 6.82. The van der Waals surface area contributed by atoms with Crippen LogP contribution in [0.5, 0.6) is 0 Å². The Hall–Kier alpha value is -1.26. The quantitative estimate of drug-likeness (QED) is 0.519. The van der Waals surface area contributed by atoms with Crippen LogP contribution in [0.15, 0.2) is 29.2 Å². The van der Waals surface area contributed by atoms with Gasteiger partial charge in [0.15, 0.2) is 5.11 Å². The molecule has 2 saturated heterocycles. The van der Waals surface area contributed by atoms with Gasteiger partial charge in [0.25, 0.3) is 0 Å². The van der Waals surface area contributed by atoms with Crippen molar-refractivity contribution in [3.05, 3.63) is 24.3 Å². The lowest BCUT2D eigenvalue weighted by atomic mass is 10.3. The molecule has 27 heavy (non-hydrogen) atoms. The van der Waals surface area contributed by atoms with Gasteiger partial charge in [-0.2, -0.15) is 4.31 Å². The molecule has 2 heterocycles. The van der Waals surface area contributed by atoms with Crippen LogP contribution in [0.3, 0.4) is 0 Å². The predicted molar refractivity (Wildman–Crippen MR) is 111 cm³/mol. The number of benzene rings is 1. The minimum Gasteiger partial charge on any atom is -0.379 e. The minimum atomic E-state index is -3.37. The fourth-order valence-corrected chi connectivity index (χ4v) is 5.03. The maximum Gasteiger partial charge on any atom is 0.243 e. The smallest absolute Gasteiger partial charge is 0.243 e. The van der Waals surface area contributed by atoms with Crippen molar-refractivity contribution >= 4 is 33.0 Å². The third-order valence-corrected chi connectivity index (χ3v) is 7.01. The molecule has 0 atom stereocenters. The number of nitrogens with one attached hydrogen (secondary N) is 2. The van der Waals surface area contributed by atoms with Crippen molar-refractivity contribution < 1.29 is 13.2 Å². The van der Waals surface area contributed by atoms with Crippen molar-refractivity contribution in [2.45, 2.75) is 24.2 Å². The van der Waals surface area contributed by atoms with Gasteiger partial charge in [-0.05, 0) is 62.3 Å². The zero-order valence-corrected chi connectivity index (χ0v) is 17.2. The Balaban J connectivity index is 1.41. The fourth-order valence-electron chi connectivity index (χ4n) is 3.29. The average molecular weight is 413 g/mol. The molecule has 0 aromatic heterocycles. The van der Waals surface area contributed by atoms with Gasteiger partial charge in [0.2, 0.25) is 10.0 Å².